The molecule has 7 heterocycles. The van der Waals surface area contributed by atoms with E-state index < -0.39 is 23.8 Å². The lowest BCUT2D eigenvalue weighted by atomic mass is 10.0. The van der Waals surface area contributed by atoms with Gasteiger partial charge in [-0.05, 0) is 80.3 Å². The van der Waals surface area contributed by atoms with Gasteiger partial charge in [0.2, 0.25) is 11.8 Å². The number of para-hydroxylation sites is 1. The smallest absolute Gasteiger partial charge is 0.262 e. The summed E-state index contributed by atoms with van der Waals surface area (Å²) < 4.78 is 8.07. The Labute approximate surface area is 328 Å². The van der Waals surface area contributed by atoms with E-state index in [0.29, 0.717) is 29.0 Å². The summed E-state index contributed by atoms with van der Waals surface area (Å²) in [4.78, 5) is 68.0. The molecular weight excluding hydrogens is 725 g/mol. The average Bonchev–Trinajstić information content (AvgIpc) is 3.91. The Hall–Kier alpha value is -6.19. The van der Waals surface area contributed by atoms with Crippen molar-refractivity contribution in [1.29, 1.82) is 0 Å². The quantitative estimate of drug-likeness (QED) is 0.219. The Balaban J connectivity index is 0.752. The van der Waals surface area contributed by atoms with Gasteiger partial charge in [0.05, 0.1) is 22.6 Å². The number of likely N-dealkylation sites (tertiary alicyclic amines) is 2. The second-order valence-electron chi connectivity index (χ2n) is 15.6. The van der Waals surface area contributed by atoms with Gasteiger partial charge >= 0.3 is 0 Å². The lowest BCUT2D eigenvalue weighted by molar-refractivity contribution is -0.136. The van der Waals surface area contributed by atoms with Crippen molar-refractivity contribution in [3.05, 3.63) is 90.3 Å². The lowest BCUT2D eigenvalue weighted by Crippen LogP contribution is -2.59. The Bertz CT molecular complexity index is 2410. The van der Waals surface area contributed by atoms with Crippen LogP contribution < -0.4 is 20.7 Å². The molecule has 4 amide bonds. The Morgan fingerprint density at radius 2 is 1.44 bits per heavy atom. The Kier molecular flexibility index (Phi) is 8.70. The first-order valence-electron chi connectivity index (χ1n) is 19.7. The summed E-state index contributed by atoms with van der Waals surface area (Å²) in [5.74, 6) is -0.0204. The maximum Gasteiger partial charge on any atom is 0.262 e. The molecule has 4 fully saturated rings. The van der Waals surface area contributed by atoms with Crippen LogP contribution in [0.5, 0.6) is 11.5 Å². The number of carbonyl (C=O) groups excluding carboxylic acids is 4. The van der Waals surface area contributed by atoms with Gasteiger partial charge in [0.25, 0.3) is 11.8 Å². The second-order valence-corrected chi connectivity index (χ2v) is 15.6. The van der Waals surface area contributed by atoms with Crippen molar-refractivity contribution >= 4 is 46.2 Å². The maximum atomic E-state index is 13.4. The molecule has 0 saturated carbocycles. The molecule has 15 nitrogen and oxygen atoms in total. The van der Waals surface area contributed by atoms with Gasteiger partial charge in [0.1, 0.15) is 35.4 Å². The summed E-state index contributed by atoms with van der Waals surface area (Å²) in [5.41, 5.74) is 10.4. The molecule has 15 heteroatoms. The van der Waals surface area contributed by atoms with Crippen molar-refractivity contribution in [2.75, 3.05) is 49.9 Å². The van der Waals surface area contributed by atoms with Gasteiger partial charge in [-0.2, -0.15) is 5.10 Å². The van der Waals surface area contributed by atoms with E-state index in [2.05, 4.69) is 34.7 Å². The van der Waals surface area contributed by atoms with Gasteiger partial charge in [-0.15, -0.1) is 0 Å². The number of carbonyl (C=O) groups is 4. The van der Waals surface area contributed by atoms with Gasteiger partial charge in [-0.25, -0.2) is 14.6 Å². The van der Waals surface area contributed by atoms with Crippen LogP contribution in [0.25, 0.3) is 22.3 Å². The number of nitrogen functional groups attached to an aromatic ring is 1. The third-order valence-electron chi connectivity index (χ3n) is 12.3. The van der Waals surface area contributed by atoms with Crippen molar-refractivity contribution in [3.63, 3.8) is 0 Å². The molecule has 57 heavy (non-hydrogen) atoms. The number of nitrogens with two attached hydrogens (primary N) is 1. The molecule has 2 aromatic heterocycles. The molecule has 0 spiro atoms. The molecule has 3 aromatic carbocycles. The van der Waals surface area contributed by atoms with Gasteiger partial charge in [0, 0.05) is 69.0 Å². The second kappa shape index (κ2) is 14.1. The molecule has 10 rings (SSSR count). The van der Waals surface area contributed by atoms with Crippen LogP contribution in [0.15, 0.2) is 79.1 Å². The Morgan fingerprint density at radius 3 is 2.21 bits per heavy atom. The Morgan fingerprint density at radius 1 is 0.719 bits per heavy atom. The van der Waals surface area contributed by atoms with E-state index in [0.717, 1.165) is 103 Å². The monoisotopic (exact) mass is 766 g/mol. The highest BCUT2D eigenvalue weighted by atomic mass is 16.5. The summed E-state index contributed by atoms with van der Waals surface area (Å²) >= 11 is 0. The zero-order valence-electron chi connectivity index (χ0n) is 31.3. The first-order chi connectivity index (χ1) is 27.8. The highest BCUT2D eigenvalue weighted by Gasteiger charge is 2.45. The van der Waals surface area contributed by atoms with Crippen molar-refractivity contribution in [1.82, 2.24) is 39.8 Å². The third-order valence-corrected chi connectivity index (χ3v) is 12.3. The SMILES string of the molecule is Nc1ncnc2c1c(-c1ccc(Oc3ccccc3)cc1)nn2C1CCN(C2CCN(C3CN(c4ccc5c(c4)C(=O)N(C4CCC(=O)NC4=O)C5=O)C3)C2)CC1. The summed E-state index contributed by atoms with van der Waals surface area (Å²) in [6.07, 6.45) is 4.79. The van der Waals surface area contributed by atoms with E-state index in [1.165, 1.54) is 6.33 Å². The van der Waals surface area contributed by atoms with E-state index in [4.69, 9.17) is 15.6 Å². The minimum atomic E-state index is -0.969. The predicted molar refractivity (Wildman–Crippen MR) is 211 cm³/mol. The topological polar surface area (TPSA) is 172 Å². The fourth-order valence-electron chi connectivity index (χ4n) is 9.20. The number of nitrogens with zero attached hydrogens (tertiary/aromatic N) is 8. The number of hydrogen-bond acceptors (Lipinski definition) is 12. The number of imide groups is 2. The number of fused-ring (bicyclic) bond motifs is 2. The van der Waals surface area contributed by atoms with Crippen LogP contribution in [0.1, 0.15) is 58.9 Å². The van der Waals surface area contributed by atoms with Crippen molar-refractivity contribution in [3.8, 4) is 22.8 Å². The molecule has 2 unspecified atom stereocenters. The van der Waals surface area contributed by atoms with E-state index in [-0.39, 0.29) is 24.8 Å². The first-order valence-corrected chi connectivity index (χ1v) is 19.7. The molecule has 3 N–H and O–H groups in total. The van der Waals surface area contributed by atoms with Gasteiger partial charge < -0.3 is 15.4 Å². The molecule has 2 atom stereocenters. The predicted octanol–water partition coefficient (Wildman–Crippen LogP) is 3.87. The molecular formula is C42H42N10O5. The molecule has 0 radical (unpaired) electrons. The summed E-state index contributed by atoms with van der Waals surface area (Å²) in [6, 6.07) is 23.1. The number of benzene rings is 3. The minimum absolute atomic E-state index is 0.0958. The molecule has 0 bridgehead atoms. The zero-order chi connectivity index (χ0) is 38.8. The number of hydrogen-bond donors (Lipinski definition) is 2. The number of aromatic nitrogens is 4. The third kappa shape index (κ3) is 6.26. The first kappa shape index (κ1) is 35.2. The number of piperidine rings is 2. The lowest BCUT2D eigenvalue weighted by Gasteiger charge is -2.46. The summed E-state index contributed by atoms with van der Waals surface area (Å²) in [5, 5.41) is 8.14. The van der Waals surface area contributed by atoms with Crippen LogP contribution in [0.2, 0.25) is 0 Å². The highest BCUT2D eigenvalue weighted by molar-refractivity contribution is 6.23. The summed E-state index contributed by atoms with van der Waals surface area (Å²) in [6.45, 7) is 5.69. The number of ether oxygens (including phenoxy) is 1. The fourth-order valence-corrected chi connectivity index (χ4v) is 9.20. The van der Waals surface area contributed by atoms with E-state index in [9.17, 15) is 19.2 Å². The number of rotatable bonds is 8. The molecule has 290 valence electrons. The highest BCUT2D eigenvalue weighted by Crippen LogP contribution is 2.37. The zero-order valence-corrected chi connectivity index (χ0v) is 31.3. The average molecular weight is 767 g/mol. The van der Waals surface area contributed by atoms with Crippen molar-refractivity contribution in [2.24, 2.45) is 0 Å². The molecule has 4 saturated heterocycles. The number of nitrogens with one attached hydrogen (secondary N) is 1. The maximum absolute atomic E-state index is 13.4. The standard InChI is InChI=1S/C42H42N10O5/c43-38-36-37(25-6-9-31(10-7-25)57-30-4-2-1-3-5-30)47-52(39(36)45-24-44-38)26-14-17-48(18-15-26)28-16-19-49(21-28)29-22-50(23-29)27-8-11-32-33(20-27)42(56)51(41(32)55)34-12-13-35(53)46-40(34)54/h1-11,20,24,26,28-29,34H,12-19,21-23H2,(H2,43,44,45)(H,46,53,54). The van der Waals surface area contributed by atoms with Crippen LogP contribution in [0, 0.1) is 0 Å². The molecule has 0 aliphatic carbocycles. The summed E-state index contributed by atoms with van der Waals surface area (Å²) in [7, 11) is 0. The van der Waals surface area contributed by atoms with Crippen LogP contribution in [0.3, 0.4) is 0 Å². The van der Waals surface area contributed by atoms with Crippen molar-refractivity contribution in [2.45, 2.75) is 56.3 Å². The minimum Gasteiger partial charge on any atom is -0.457 e. The number of anilines is 2. The fraction of sp³-hybridized carbons (Fsp3) is 0.357. The van der Waals surface area contributed by atoms with Crippen LogP contribution >= 0.6 is 0 Å². The van der Waals surface area contributed by atoms with Gasteiger partial charge in [-0.3, -0.25) is 39.2 Å². The van der Waals surface area contributed by atoms with E-state index in [1.807, 2.05) is 60.7 Å². The largest absolute Gasteiger partial charge is 0.457 e. The number of amides is 4. The normalized spacial score (nSPS) is 22.3. The van der Waals surface area contributed by atoms with E-state index in [1.54, 1.807) is 12.1 Å². The molecule has 5 aliphatic heterocycles. The van der Waals surface area contributed by atoms with E-state index >= 15 is 0 Å². The van der Waals surface area contributed by atoms with Crippen LogP contribution in [-0.2, 0) is 9.59 Å². The van der Waals surface area contributed by atoms with Crippen LogP contribution in [0.4, 0.5) is 11.5 Å². The van der Waals surface area contributed by atoms with Gasteiger partial charge in [-0.1, -0.05) is 18.2 Å². The van der Waals surface area contributed by atoms with Gasteiger partial charge in [0.15, 0.2) is 5.65 Å². The molecule has 5 aliphatic rings. The molecule has 5 aromatic rings. The van der Waals surface area contributed by atoms with Crippen molar-refractivity contribution < 1.29 is 23.9 Å². The van der Waals surface area contributed by atoms with Crippen LogP contribution in [-0.4, -0.2) is 115 Å².